The van der Waals surface area contributed by atoms with Crippen LogP contribution in [0.5, 0.6) is 0 Å². The average Bonchev–Trinajstić information content (AvgIpc) is 3.12. The van der Waals surface area contributed by atoms with Gasteiger partial charge in [0.05, 0.1) is 11.1 Å². The highest BCUT2D eigenvalue weighted by Crippen LogP contribution is 2.41. The highest BCUT2D eigenvalue weighted by molar-refractivity contribution is 5.87. The van der Waals surface area contributed by atoms with Gasteiger partial charge in [0, 0.05) is 11.6 Å². The average molecular weight is 473 g/mol. The minimum absolute atomic E-state index is 0.0226. The normalized spacial score (nSPS) is 12.8. The zero-order valence-corrected chi connectivity index (χ0v) is 17.5. The number of halogens is 6. The van der Waals surface area contributed by atoms with Gasteiger partial charge in [0.2, 0.25) is 11.7 Å². The maximum absolute atomic E-state index is 13.6. The van der Waals surface area contributed by atoms with Crippen molar-refractivity contribution >= 4 is 5.91 Å². The third-order valence-corrected chi connectivity index (χ3v) is 5.22. The molecular formula is C21H17F6N3O3. The van der Waals surface area contributed by atoms with Gasteiger partial charge in [-0.3, -0.25) is 14.3 Å². The molecule has 0 saturated heterocycles. The Hall–Kier alpha value is -3.44. The summed E-state index contributed by atoms with van der Waals surface area (Å²) in [6.45, 7) is 4.89. The molecule has 2 aromatic heterocycles. The molecule has 3 aromatic rings. The number of carbonyl (C=O) groups is 1. The van der Waals surface area contributed by atoms with Gasteiger partial charge in [-0.05, 0) is 41.8 Å². The van der Waals surface area contributed by atoms with Gasteiger partial charge >= 0.3 is 18.1 Å². The summed E-state index contributed by atoms with van der Waals surface area (Å²) in [5, 5.41) is 3.53. The fourth-order valence-corrected chi connectivity index (χ4v) is 2.97. The van der Waals surface area contributed by atoms with Crippen molar-refractivity contribution in [2.75, 3.05) is 0 Å². The molecule has 0 atom stereocenters. The highest BCUT2D eigenvalue weighted by Gasteiger charge is 2.38. The van der Waals surface area contributed by atoms with Gasteiger partial charge in [0.15, 0.2) is 0 Å². The van der Waals surface area contributed by atoms with E-state index in [0.29, 0.717) is 23.1 Å². The summed E-state index contributed by atoms with van der Waals surface area (Å²) >= 11 is 0. The molecule has 6 nitrogen and oxygen atoms in total. The number of carbonyl (C=O) groups excluding carboxylic acids is 1. The Morgan fingerprint density at radius 3 is 2.27 bits per heavy atom. The molecule has 0 spiro atoms. The van der Waals surface area contributed by atoms with Crippen LogP contribution in [0.4, 0.5) is 26.3 Å². The van der Waals surface area contributed by atoms with Crippen molar-refractivity contribution in [3.05, 3.63) is 58.2 Å². The second-order valence-electron chi connectivity index (χ2n) is 7.84. The second kappa shape index (κ2) is 8.16. The number of alkyl halides is 6. The summed E-state index contributed by atoms with van der Waals surface area (Å²) in [4.78, 5) is 28.9. The maximum Gasteiger partial charge on any atom is 0.448 e. The molecule has 0 aliphatic carbocycles. The van der Waals surface area contributed by atoms with Gasteiger partial charge in [0.25, 0.3) is 0 Å². The lowest BCUT2D eigenvalue weighted by Crippen LogP contribution is -2.35. The Kier molecular flexibility index (Phi) is 5.99. The molecular weight excluding hydrogens is 456 g/mol. The Morgan fingerprint density at radius 2 is 1.70 bits per heavy atom. The first kappa shape index (κ1) is 24.2. The number of nitrogens with zero attached hydrogens (tertiary/aromatic N) is 3. The zero-order chi connectivity index (χ0) is 24.8. The van der Waals surface area contributed by atoms with Crippen LogP contribution in [0.25, 0.3) is 22.6 Å². The predicted molar refractivity (Wildman–Crippen MR) is 104 cm³/mol. The lowest BCUT2D eigenvalue weighted by Gasteiger charge is -2.20. The number of hydrogen-bond donors (Lipinski definition) is 0. The van der Waals surface area contributed by atoms with Crippen molar-refractivity contribution in [3.8, 4) is 22.6 Å². The number of aromatic nitrogens is 3. The summed E-state index contributed by atoms with van der Waals surface area (Å²) in [6, 6.07) is 3.49. The standard InChI is InChI=1S/C21H17F6N3O3/c1-4-19(2,3)17(31)30-16(29-33-18(30)32)15-9-11(7-8-28-15)13-6-5-12(20(22,23)24)10-14(13)21(25,26)27/h5-10H,4H2,1-3H3. The molecule has 0 radical (unpaired) electrons. The quantitative estimate of drug-likeness (QED) is 0.456. The summed E-state index contributed by atoms with van der Waals surface area (Å²) < 4.78 is 84.8. The third-order valence-electron chi connectivity index (χ3n) is 5.22. The Morgan fingerprint density at radius 1 is 1.03 bits per heavy atom. The van der Waals surface area contributed by atoms with Crippen LogP contribution in [0.1, 0.15) is 43.1 Å². The van der Waals surface area contributed by atoms with Gasteiger partial charge in [-0.15, -0.1) is 0 Å². The fraction of sp³-hybridized carbons (Fsp3) is 0.333. The second-order valence-corrected chi connectivity index (χ2v) is 7.84. The number of hydrogen-bond acceptors (Lipinski definition) is 5. The van der Waals surface area contributed by atoms with E-state index in [4.69, 9.17) is 0 Å². The lowest BCUT2D eigenvalue weighted by atomic mass is 9.89. The lowest BCUT2D eigenvalue weighted by molar-refractivity contribution is -0.142. The zero-order valence-electron chi connectivity index (χ0n) is 17.5. The molecule has 2 heterocycles. The fourth-order valence-electron chi connectivity index (χ4n) is 2.97. The van der Waals surface area contributed by atoms with E-state index in [-0.39, 0.29) is 23.1 Å². The molecule has 1 aromatic carbocycles. The minimum atomic E-state index is -5.09. The molecule has 0 fully saturated rings. The van der Waals surface area contributed by atoms with Crippen molar-refractivity contribution in [1.29, 1.82) is 0 Å². The molecule has 0 aliphatic heterocycles. The van der Waals surface area contributed by atoms with E-state index in [9.17, 15) is 35.9 Å². The minimum Gasteiger partial charge on any atom is -0.295 e. The first-order chi connectivity index (χ1) is 15.2. The van der Waals surface area contributed by atoms with Crippen LogP contribution in [0.15, 0.2) is 45.8 Å². The molecule has 12 heteroatoms. The van der Waals surface area contributed by atoms with E-state index in [1.807, 2.05) is 0 Å². The van der Waals surface area contributed by atoms with Crippen LogP contribution in [0.3, 0.4) is 0 Å². The Balaban J connectivity index is 2.18. The van der Waals surface area contributed by atoms with Crippen LogP contribution in [0.2, 0.25) is 0 Å². The highest BCUT2D eigenvalue weighted by atomic mass is 19.4. The SMILES string of the molecule is CCC(C)(C)C(=O)n1c(-c2cc(-c3ccc(C(F)(F)F)cc3C(F)(F)F)ccn2)noc1=O. The van der Waals surface area contributed by atoms with Crippen LogP contribution >= 0.6 is 0 Å². The van der Waals surface area contributed by atoms with Crippen LogP contribution in [-0.2, 0) is 12.4 Å². The maximum atomic E-state index is 13.6. The van der Waals surface area contributed by atoms with Crippen LogP contribution in [-0.4, -0.2) is 20.6 Å². The third kappa shape index (κ3) is 4.69. The van der Waals surface area contributed by atoms with Gasteiger partial charge in [-0.1, -0.05) is 32.0 Å². The summed E-state index contributed by atoms with van der Waals surface area (Å²) in [5.74, 6) is -2.10. The van der Waals surface area contributed by atoms with Crippen molar-refractivity contribution < 1.29 is 35.7 Å². The van der Waals surface area contributed by atoms with E-state index < -0.39 is 46.1 Å². The molecule has 0 aliphatic rings. The first-order valence-electron chi connectivity index (χ1n) is 9.55. The number of benzene rings is 1. The molecule has 0 N–H and O–H groups in total. The van der Waals surface area contributed by atoms with E-state index in [1.54, 1.807) is 20.8 Å². The number of rotatable bonds is 4. The van der Waals surface area contributed by atoms with Crippen molar-refractivity contribution in [3.63, 3.8) is 0 Å². The molecule has 3 rings (SSSR count). The molecule has 176 valence electrons. The van der Waals surface area contributed by atoms with Gasteiger partial charge in [-0.25, -0.2) is 4.79 Å². The molecule has 0 amide bonds. The Bertz CT molecular complexity index is 1260. The van der Waals surface area contributed by atoms with Crippen molar-refractivity contribution in [1.82, 2.24) is 14.7 Å². The molecule has 0 saturated carbocycles. The monoisotopic (exact) mass is 473 g/mol. The van der Waals surface area contributed by atoms with Gasteiger partial charge in [-0.2, -0.15) is 30.9 Å². The molecule has 0 bridgehead atoms. The van der Waals surface area contributed by atoms with Crippen LogP contribution < -0.4 is 5.76 Å². The molecule has 0 unspecified atom stereocenters. The number of pyridine rings is 1. The predicted octanol–water partition coefficient (Wildman–Crippen LogP) is 5.68. The van der Waals surface area contributed by atoms with Crippen molar-refractivity contribution in [2.45, 2.75) is 39.5 Å². The van der Waals surface area contributed by atoms with Gasteiger partial charge in [0.1, 0.15) is 5.69 Å². The van der Waals surface area contributed by atoms with Crippen LogP contribution in [0, 0.1) is 5.41 Å². The van der Waals surface area contributed by atoms with Gasteiger partial charge < -0.3 is 0 Å². The van der Waals surface area contributed by atoms with E-state index in [2.05, 4.69) is 14.7 Å². The molecule has 33 heavy (non-hydrogen) atoms. The largest absolute Gasteiger partial charge is 0.448 e. The van der Waals surface area contributed by atoms with Crippen molar-refractivity contribution in [2.24, 2.45) is 5.41 Å². The summed E-state index contributed by atoms with van der Waals surface area (Å²) in [5.41, 5.74) is -4.81. The topological polar surface area (TPSA) is 78.0 Å². The summed E-state index contributed by atoms with van der Waals surface area (Å²) in [6.07, 6.45) is -8.61. The van der Waals surface area contributed by atoms with E-state index in [0.717, 1.165) is 18.3 Å². The van der Waals surface area contributed by atoms with E-state index >= 15 is 0 Å². The smallest absolute Gasteiger partial charge is 0.295 e. The Labute approximate surface area is 182 Å². The van der Waals surface area contributed by atoms with E-state index in [1.165, 1.54) is 0 Å². The summed E-state index contributed by atoms with van der Waals surface area (Å²) in [7, 11) is 0. The first-order valence-corrected chi connectivity index (χ1v) is 9.55.